The van der Waals surface area contributed by atoms with Gasteiger partial charge < -0.3 is 21.1 Å². The zero-order valence-corrected chi connectivity index (χ0v) is 14.2. The van der Waals surface area contributed by atoms with Crippen molar-refractivity contribution in [2.45, 2.75) is 32.1 Å². The van der Waals surface area contributed by atoms with Crippen LogP contribution in [0.2, 0.25) is 5.02 Å². The number of rotatable bonds is 4. The predicted octanol–water partition coefficient (Wildman–Crippen LogP) is 0.700. The number of nitrogens with two attached hydrogens (primary N) is 1. The molecule has 5 N–H and O–H groups in total. The van der Waals surface area contributed by atoms with Crippen LogP contribution in [0.4, 0.5) is 5.69 Å². The van der Waals surface area contributed by atoms with Crippen molar-refractivity contribution in [1.82, 2.24) is 10.6 Å². The first kappa shape index (κ1) is 18.0. The molecule has 2 rings (SSSR count). The summed E-state index contributed by atoms with van der Waals surface area (Å²) in [6, 6.07) is 5.02. The Bertz CT molecular complexity index is 665. The van der Waals surface area contributed by atoms with E-state index in [-0.39, 0.29) is 30.8 Å². The number of ether oxygens (including phenoxy) is 1. The number of amides is 1. The number of benzene rings is 1. The number of hydrogen-bond donors (Lipinski definition) is 4. The van der Waals surface area contributed by atoms with Gasteiger partial charge in [0.25, 0.3) is 0 Å². The van der Waals surface area contributed by atoms with Crippen LogP contribution in [-0.2, 0) is 14.3 Å². The maximum Gasteiger partial charge on any atom is 0.307 e. The van der Waals surface area contributed by atoms with Crippen molar-refractivity contribution in [3.8, 4) is 0 Å². The molecule has 8 nitrogen and oxygen atoms in total. The Kier molecular flexibility index (Phi) is 5.99. The molecule has 0 saturated carbocycles. The van der Waals surface area contributed by atoms with Gasteiger partial charge in [0.2, 0.25) is 5.91 Å². The van der Waals surface area contributed by atoms with E-state index in [9.17, 15) is 9.59 Å². The highest BCUT2D eigenvalue weighted by molar-refractivity contribution is 6.31. The number of carbonyl (C=O) groups excluding carboxylic acids is 2. The summed E-state index contributed by atoms with van der Waals surface area (Å²) >= 11 is 6.06. The second-order valence-electron chi connectivity index (χ2n) is 5.37. The van der Waals surface area contributed by atoms with Crippen molar-refractivity contribution in [3.05, 3.63) is 28.8 Å². The van der Waals surface area contributed by atoms with Gasteiger partial charge in [-0.1, -0.05) is 17.7 Å². The Labute approximate surface area is 144 Å². The average molecular weight is 354 g/mol. The van der Waals surface area contributed by atoms with Crippen molar-refractivity contribution in [2.75, 3.05) is 12.4 Å². The highest BCUT2D eigenvalue weighted by Crippen LogP contribution is 2.22. The third-order valence-corrected chi connectivity index (χ3v) is 3.97. The Morgan fingerprint density at radius 1 is 1.54 bits per heavy atom. The summed E-state index contributed by atoms with van der Waals surface area (Å²) < 4.78 is 4.61. The summed E-state index contributed by atoms with van der Waals surface area (Å²) in [5.74, 6) is -0.509. The Morgan fingerprint density at radius 3 is 3.00 bits per heavy atom. The van der Waals surface area contributed by atoms with Gasteiger partial charge in [-0.2, -0.15) is 0 Å². The van der Waals surface area contributed by atoms with Crippen molar-refractivity contribution in [3.63, 3.8) is 0 Å². The molecule has 130 valence electrons. The van der Waals surface area contributed by atoms with E-state index in [0.29, 0.717) is 5.02 Å². The van der Waals surface area contributed by atoms with Crippen LogP contribution in [0.25, 0.3) is 0 Å². The monoisotopic (exact) mass is 353 g/mol. The number of hydrogen-bond acceptors (Lipinski definition) is 5. The summed E-state index contributed by atoms with van der Waals surface area (Å²) in [4.78, 5) is 27.3. The third kappa shape index (κ3) is 4.84. The Hall–Kier alpha value is -2.32. The number of carbonyl (C=O) groups is 2. The Morgan fingerprint density at radius 2 is 2.29 bits per heavy atom. The zero-order valence-electron chi connectivity index (χ0n) is 13.4. The standard InChI is InChI=1S/C15H20ClN5O3/c1-8-10(16)4-3-5-11(8)19-14(17)21-15-18-9(6-12(22)20-15)7-13(23)24-2/h3-5,9,15,18H,6-7H2,1-2H3,(H,20,22)(H3,17,19,21). The van der Waals surface area contributed by atoms with Gasteiger partial charge in [0.05, 0.1) is 13.5 Å². The van der Waals surface area contributed by atoms with Crippen LogP contribution in [-0.4, -0.2) is 37.3 Å². The van der Waals surface area contributed by atoms with Crippen LogP contribution >= 0.6 is 11.6 Å². The lowest BCUT2D eigenvalue weighted by Gasteiger charge is -2.28. The lowest BCUT2D eigenvalue weighted by molar-refractivity contribution is -0.141. The Balaban J connectivity index is 2.04. The van der Waals surface area contributed by atoms with Crippen LogP contribution in [0.3, 0.4) is 0 Å². The van der Waals surface area contributed by atoms with E-state index in [4.69, 9.17) is 17.3 Å². The van der Waals surface area contributed by atoms with Gasteiger partial charge in [0.1, 0.15) is 0 Å². The van der Waals surface area contributed by atoms with Crippen molar-refractivity contribution < 1.29 is 14.3 Å². The molecule has 1 aromatic carbocycles. The number of methoxy groups -OCH3 is 1. The number of nitrogens with one attached hydrogen (secondary N) is 3. The van der Waals surface area contributed by atoms with E-state index in [1.165, 1.54) is 7.11 Å². The number of aliphatic imine (C=N–C) groups is 1. The fourth-order valence-corrected chi connectivity index (χ4v) is 2.47. The average Bonchev–Trinajstić information content (AvgIpc) is 2.51. The maximum absolute atomic E-state index is 11.7. The van der Waals surface area contributed by atoms with Crippen LogP contribution in [0.15, 0.2) is 23.2 Å². The molecular weight excluding hydrogens is 334 g/mol. The number of halogens is 1. The fourth-order valence-electron chi connectivity index (χ4n) is 2.30. The number of anilines is 1. The highest BCUT2D eigenvalue weighted by atomic mass is 35.5. The first-order valence-electron chi connectivity index (χ1n) is 7.36. The molecule has 0 bridgehead atoms. The SMILES string of the molecule is COC(=O)CC1CC(=O)NC(/N=C(\N)Nc2cccc(Cl)c2C)N1. The van der Waals surface area contributed by atoms with Gasteiger partial charge in [-0.15, -0.1) is 0 Å². The summed E-state index contributed by atoms with van der Waals surface area (Å²) in [6.07, 6.45) is -0.480. The van der Waals surface area contributed by atoms with Crippen LogP contribution in [0.5, 0.6) is 0 Å². The molecule has 1 fully saturated rings. The first-order chi connectivity index (χ1) is 11.4. The van der Waals surface area contributed by atoms with Gasteiger partial charge in [-0.05, 0) is 24.6 Å². The predicted molar refractivity (Wildman–Crippen MR) is 91.5 cm³/mol. The smallest absolute Gasteiger partial charge is 0.307 e. The van der Waals surface area contributed by atoms with Crippen molar-refractivity contribution >= 4 is 35.1 Å². The maximum atomic E-state index is 11.7. The largest absolute Gasteiger partial charge is 0.469 e. The van der Waals surface area contributed by atoms with Gasteiger partial charge in [-0.25, -0.2) is 4.99 Å². The summed E-state index contributed by atoms with van der Waals surface area (Å²) in [5, 5.41) is 9.22. The molecule has 9 heteroatoms. The van der Waals surface area contributed by atoms with Crippen LogP contribution in [0, 0.1) is 6.92 Å². The molecular formula is C15H20ClN5O3. The third-order valence-electron chi connectivity index (χ3n) is 3.56. The molecule has 1 amide bonds. The minimum atomic E-state index is -0.729. The molecule has 24 heavy (non-hydrogen) atoms. The van der Waals surface area contributed by atoms with Gasteiger partial charge >= 0.3 is 5.97 Å². The minimum absolute atomic E-state index is 0.0800. The zero-order chi connectivity index (χ0) is 17.7. The molecule has 0 aliphatic carbocycles. The molecule has 1 aromatic rings. The first-order valence-corrected chi connectivity index (χ1v) is 7.74. The second-order valence-corrected chi connectivity index (χ2v) is 5.78. The van der Waals surface area contributed by atoms with Crippen molar-refractivity contribution in [2.24, 2.45) is 10.7 Å². The lowest BCUT2D eigenvalue weighted by Crippen LogP contribution is -2.56. The van der Waals surface area contributed by atoms with Crippen molar-refractivity contribution in [1.29, 1.82) is 0 Å². The normalized spacial score (nSPS) is 21.1. The quantitative estimate of drug-likeness (QED) is 0.359. The molecule has 0 spiro atoms. The lowest BCUT2D eigenvalue weighted by atomic mass is 10.1. The summed E-state index contributed by atoms with van der Waals surface area (Å²) in [5.41, 5.74) is 7.44. The van der Waals surface area contributed by atoms with Gasteiger partial charge in [0.15, 0.2) is 12.2 Å². The van der Waals surface area contributed by atoms with E-state index < -0.39 is 12.3 Å². The van der Waals surface area contributed by atoms with Crippen LogP contribution in [0.1, 0.15) is 18.4 Å². The summed E-state index contributed by atoms with van der Waals surface area (Å²) in [6.45, 7) is 1.85. The number of esters is 1. The van der Waals surface area contributed by atoms with E-state index in [1.807, 2.05) is 13.0 Å². The van der Waals surface area contributed by atoms with Gasteiger partial charge in [0, 0.05) is 23.2 Å². The minimum Gasteiger partial charge on any atom is -0.469 e. The molecule has 1 saturated heterocycles. The molecule has 1 aliphatic heterocycles. The molecule has 0 radical (unpaired) electrons. The molecule has 1 aliphatic rings. The fraction of sp³-hybridized carbons (Fsp3) is 0.400. The molecule has 1 heterocycles. The van der Waals surface area contributed by atoms with E-state index in [2.05, 4.69) is 25.7 Å². The summed E-state index contributed by atoms with van der Waals surface area (Å²) in [7, 11) is 1.30. The van der Waals surface area contributed by atoms with E-state index in [1.54, 1.807) is 12.1 Å². The number of guanidine groups is 1. The van der Waals surface area contributed by atoms with Gasteiger partial charge in [-0.3, -0.25) is 14.9 Å². The number of nitrogens with zero attached hydrogens (tertiary/aromatic N) is 1. The second kappa shape index (κ2) is 7.98. The van der Waals surface area contributed by atoms with Crippen LogP contribution < -0.4 is 21.7 Å². The molecule has 2 unspecified atom stereocenters. The topological polar surface area (TPSA) is 118 Å². The molecule has 0 aromatic heterocycles. The van der Waals surface area contributed by atoms with E-state index in [0.717, 1.165) is 11.3 Å². The van der Waals surface area contributed by atoms with E-state index >= 15 is 0 Å². The molecule has 2 atom stereocenters. The highest BCUT2D eigenvalue weighted by Gasteiger charge is 2.27.